The van der Waals surface area contributed by atoms with Crippen LogP contribution in [0.2, 0.25) is 0 Å². The second-order valence-electron chi connectivity index (χ2n) is 7.24. The fourth-order valence-corrected chi connectivity index (χ4v) is 3.88. The van der Waals surface area contributed by atoms with Crippen molar-refractivity contribution in [2.24, 2.45) is 5.92 Å². The summed E-state index contributed by atoms with van der Waals surface area (Å²) in [5.41, 5.74) is 1.22. The number of carbonyl (C=O) groups is 1. The Morgan fingerprint density at radius 2 is 1.78 bits per heavy atom. The predicted octanol–water partition coefficient (Wildman–Crippen LogP) is 4.49. The van der Waals surface area contributed by atoms with Gasteiger partial charge in [0.15, 0.2) is 0 Å². The van der Waals surface area contributed by atoms with Crippen LogP contribution in [0.4, 0.5) is 4.39 Å². The molecule has 122 valence electrons. The first-order chi connectivity index (χ1) is 11.1. The topological polar surface area (TPSA) is 36.1 Å². The van der Waals surface area contributed by atoms with Gasteiger partial charge in [-0.05, 0) is 62.6 Å². The lowest BCUT2D eigenvalue weighted by Gasteiger charge is -2.36. The lowest BCUT2D eigenvalue weighted by molar-refractivity contribution is 0.0588. The van der Waals surface area contributed by atoms with Gasteiger partial charge in [0, 0.05) is 23.0 Å². The molecule has 1 N–H and O–H groups in total. The molecule has 2 aliphatic carbocycles. The Labute approximate surface area is 135 Å². The minimum absolute atomic E-state index is 0.0441. The second kappa shape index (κ2) is 5.66. The highest BCUT2D eigenvalue weighted by Crippen LogP contribution is 2.36. The highest BCUT2D eigenvalue weighted by atomic mass is 19.1. The summed E-state index contributed by atoms with van der Waals surface area (Å²) in [5.74, 6) is 0.537. The van der Waals surface area contributed by atoms with Gasteiger partial charge >= 0.3 is 0 Å². The van der Waals surface area contributed by atoms with Crippen LogP contribution in [0.25, 0.3) is 10.9 Å². The van der Waals surface area contributed by atoms with Crippen molar-refractivity contribution >= 4 is 16.8 Å². The molecule has 0 spiro atoms. The zero-order chi connectivity index (χ0) is 16.0. The summed E-state index contributed by atoms with van der Waals surface area (Å²) in [4.78, 5) is 18.3. The number of fused-ring (bicyclic) bond motifs is 1. The average molecular weight is 314 g/mol. The Morgan fingerprint density at radius 1 is 1.13 bits per heavy atom. The fourth-order valence-electron chi connectivity index (χ4n) is 3.88. The van der Waals surface area contributed by atoms with Crippen molar-refractivity contribution in [3.05, 3.63) is 35.8 Å². The lowest BCUT2D eigenvalue weighted by Crippen LogP contribution is -2.43. The van der Waals surface area contributed by atoms with Crippen LogP contribution >= 0.6 is 0 Å². The highest BCUT2D eigenvalue weighted by molar-refractivity contribution is 5.98. The summed E-state index contributed by atoms with van der Waals surface area (Å²) >= 11 is 0. The van der Waals surface area contributed by atoms with E-state index in [0.29, 0.717) is 28.7 Å². The minimum atomic E-state index is -0.276. The van der Waals surface area contributed by atoms with Gasteiger partial charge in [0.05, 0.1) is 0 Å². The molecular weight excluding hydrogens is 291 g/mol. The molecule has 0 radical (unpaired) electrons. The molecule has 0 aliphatic heterocycles. The SMILES string of the molecule is CC1CCC(N(C(=O)c2cc3c(F)cccc3[nH]2)C2CC2)CC1. The van der Waals surface area contributed by atoms with E-state index in [0.717, 1.165) is 31.6 Å². The van der Waals surface area contributed by atoms with Crippen LogP contribution in [0.3, 0.4) is 0 Å². The summed E-state index contributed by atoms with van der Waals surface area (Å²) in [6, 6.07) is 7.33. The summed E-state index contributed by atoms with van der Waals surface area (Å²) in [6.45, 7) is 2.29. The van der Waals surface area contributed by atoms with Crippen LogP contribution in [-0.4, -0.2) is 27.9 Å². The third kappa shape index (κ3) is 2.75. The second-order valence-corrected chi connectivity index (χ2v) is 7.24. The van der Waals surface area contributed by atoms with Gasteiger partial charge in [-0.3, -0.25) is 4.79 Å². The maximum atomic E-state index is 13.9. The molecule has 0 saturated heterocycles. The molecule has 2 aliphatic rings. The molecule has 1 aromatic heterocycles. The molecule has 1 amide bonds. The Hall–Kier alpha value is -1.84. The largest absolute Gasteiger partial charge is 0.350 e. The number of hydrogen-bond donors (Lipinski definition) is 1. The first kappa shape index (κ1) is 14.7. The predicted molar refractivity (Wildman–Crippen MR) is 88.9 cm³/mol. The normalized spacial score (nSPS) is 24.8. The molecule has 2 fully saturated rings. The van der Waals surface area contributed by atoms with Crippen LogP contribution in [0.15, 0.2) is 24.3 Å². The van der Waals surface area contributed by atoms with E-state index in [1.165, 1.54) is 18.9 Å². The van der Waals surface area contributed by atoms with E-state index in [1.54, 1.807) is 12.1 Å². The van der Waals surface area contributed by atoms with E-state index in [2.05, 4.69) is 16.8 Å². The van der Waals surface area contributed by atoms with Crippen molar-refractivity contribution in [1.29, 1.82) is 0 Å². The van der Waals surface area contributed by atoms with E-state index in [9.17, 15) is 9.18 Å². The zero-order valence-corrected chi connectivity index (χ0v) is 13.5. The first-order valence-corrected chi connectivity index (χ1v) is 8.73. The van der Waals surface area contributed by atoms with Crippen molar-refractivity contribution in [2.75, 3.05) is 0 Å². The van der Waals surface area contributed by atoms with Gasteiger partial charge in [0.25, 0.3) is 5.91 Å². The van der Waals surface area contributed by atoms with Crippen LogP contribution < -0.4 is 0 Å². The first-order valence-electron chi connectivity index (χ1n) is 8.73. The smallest absolute Gasteiger partial charge is 0.270 e. The molecular formula is C19H23FN2O. The lowest BCUT2D eigenvalue weighted by atomic mass is 9.86. The van der Waals surface area contributed by atoms with E-state index >= 15 is 0 Å². The number of aromatic nitrogens is 1. The molecule has 2 aromatic rings. The zero-order valence-electron chi connectivity index (χ0n) is 13.5. The molecule has 0 unspecified atom stereocenters. The van der Waals surface area contributed by atoms with Gasteiger partial charge in [-0.2, -0.15) is 0 Å². The quantitative estimate of drug-likeness (QED) is 0.890. The number of hydrogen-bond acceptors (Lipinski definition) is 1. The van der Waals surface area contributed by atoms with Crippen molar-refractivity contribution in [3.63, 3.8) is 0 Å². The third-order valence-corrected chi connectivity index (χ3v) is 5.39. The number of nitrogens with one attached hydrogen (secondary N) is 1. The Kier molecular flexibility index (Phi) is 3.63. The van der Waals surface area contributed by atoms with Crippen molar-refractivity contribution in [3.8, 4) is 0 Å². The van der Waals surface area contributed by atoms with Crippen molar-refractivity contribution in [1.82, 2.24) is 9.88 Å². The van der Waals surface area contributed by atoms with Crippen LogP contribution in [0.1, 0.15) is 55.9 Å². The third-order valence-electron chi connectivity index (χ3n) is 5.39. The minimum Gasteiger partial charge on any atom is -0.350 e. The fraction of sp³-hybridized carbons (Fsp3) is 0.526. The molecule has 0 bridgehead atoms. The van der Waals surface area contributed by atoms with Gasteiger partial charge in [-0.25, -0.2) is 4.39 Å². The monoisotopic (exact) mass is 314 g/mol. The van der Waals surface area contributed by atoms with Crippen molar-refractivity contribution in [2.45, 2.75) is 57.5 Å². The van der Waals surface area contributed by atoms with Gasteiger partial charge in [0.2, 0.25) is 0 Å². The van der Waals surface area contributed by atoms with Gasteiger partial charge in [-0.1, -0.05) is 13.0 Å². The summed E-state index contributed by atoms with van der Waals surface area (Å²) in [5, 5.41) is 0.504. The number of aromatic amines is 1. The average Bonchev–Trinajstić information content (AvgIpc) is 3.27. The highest BCUT2D eigenvalue weighted by Gasteiger charge is 2.39. The van der Waals surface area contributed by atoms with E-state index in [1.807, 2.05) is 6.07 Å². The Bertz CT molecular complexity index is 726. The molecule has 2 saturated carbocycles. The number of halogens is 1. The molecule has 1 aromatic carbocycles. The number of nitrogens with zero attached hydrogens (tertiary/aromatic N) is 1. The standard InChI is InChI=1S/C19H23FN2O/c1-12-5-7-13(8-6-12)22(14-9-10-14)19(23)18-11-15-16(20)3-2-4-17(15)21-18/h2-4,11-14,21H,5-10H2,1H3. The number of carbonyl (C=O) groups excluding carboxylic acids is 1. The van der Waals surface area contributed by atoms with Crippen molar-refractivity contribution < 1.29 is 9.18 Å². The summed E-state index contributed by atoms with van der Waals surface area (Å²) < 4.78 is 13.9. The number of benzene rings is 1. The van der Waals surface area contributed by atoms with Crippen LogP contribution in [0.5, 0.6) is 0 Å². The van der Waals surface area contributed by atoms with Gasteiger partial charge < -0.3 is 9.88 Å². The summed E-state index contributed by atoms with van der Waals surface area (Å²) in [7, 11) is 0. The van der Waals surface area contributed by atoms with Crippen LogP contribution in [0, 0.1) is 11.7 Å². The van der Waals surface area contributed by atoms with Gasteiger partial charge in [0.1, 0.15) is 11.5 Å². The number of rotatable bonds is 3. The maximum absolute atomic E-state index is 13.9. The maximum Gasteiger partial charge on any atom is 0.270 e. The number of amides is 1. The molecule has 1 heterocycles. The molecule has 3 nitrogen and oxygen atoms in total. The molecule has 4 heteroatoms. The molecule has 4 rings (SSSR count). The molecule has 23 heavy (non-hydrogen) atoms. The van der Waals surface area contributed by atoms with Gasteiger partial charge in [-0.15, -0.1) is 0 Å². The molecule has 0 atom stereocenters. The van der Waals surface area contributed by atoms with Crippen LogP contribution in [-0.2, 0) is 0 Å². The number of H-pyrrole nitrogens is 1. The van der Waals surface area contributed by atoms with E-state index in [-0.39, 0.29) is 11.7 Å². The van der Waals surface area contributed by atoms with E-state index in [4.69, 9.17) is 0 Å². The summed E-state index contributed by atoms with van der Waals surface area (Å²) in [6.07, 6.45) is 6.79. The Balaban J connectivity index is 1.63. The Morgan fingerprint density at radius 3 is 2.39 bits per heavy atom. The van der Waals surface area contributed by atoms with E-state index < -0.39 is 0 Å².